The predicted octanol–water partition coefficient (Wildman–Crippen LogP) is 0.981. The third kappa shape index (κ3) is 2.31. The first kappa shape index (κ1) is 11.8. The minimum atomic E-state index is -0.399. The van der Waals surface area contributed by atoms with E-state index in [0.29, 0.717) is 0 Å². The van der Waals surface area contributed by atoms with Crippen molar-refractivity contribution in [2.45, 2.75) is 49.9 Å². The first-order chi connectivity index (χ1) is 8.24. The molecule has 0 saturated carbocycles. The van der Waals surface area contributed by atoms with E-state index in [0.717, 1.165) is 37.6 Å². The lowest BCUT2D eigenvalue weighted by atomic mass is 10.0. The van der Waals surface area contributed by atoms with Crippen molar-refractivity contribution in [3.05, 3.63) is 0 Å². The van der Waals surface area contributed by atoms with E-state index in [1.165, 1.54) is 0 Å². The van der Waals surface area contributed by atoms with Crippen LogP contribution >= 0.6 is 11.8 Å². The molecule has 3 heterocycles. The Hall–Kier alpha value is -0.300. The van der Waals surface area contributed by atoms with Crippen LogP contribution in [0.5, 0.6) is 0 Å². The molecule has 1 N–H and O–H groups in total. The summed E-state index contributed by atoms with van der Waals surface area (Å²) in [4.78, 5) is 10.2. The van der Waals surface area contributed by atoms with Crippen molar-refractivity contribution in [2.24, 2.45) is 4.99 Å². The van der Waals surface area contributed by atoms with E-state index in [9.17, 15) is 5.11 Å². The number of rotatable bonds is 1. The summed E-state index contributed by atoms with van der Waals surface area (Å²) in [5, 5.41) is 12.4. The number of thioether (sulfide) groups is 1. The number of aliphatic hydroxyl groups excluding tert-OH is 1. The van der Waals surface area contributed by atoms with Crippen molar-refractivity contribution in [1.29, 1.82) is 0 Å². The van der Waals surface area contributed by atoms with Crippen LogP contribution in [0.1, 0.15) is 26.2 Å². The molecule has 17 heavy (non-hydrogen) atoms. The summed E-state index contributed by atoms with van der Waals surface area (Å²) >= 11 is 1.63. The van der Waals surface area contributed by atoms with Crippen LogP contribution in [0, 0.1) is 0 Å². The first-order valence-electron chi connectivity index (χ1n) is 6.22. The number of hydrogen-bond acceptors (Lipinski definition) is 6. The molecule has 4 atom stereocenters. The van der Waals surface area contributed by atoms with Crippen molar-refractivity contribution in [1.82, 2.24) is 5.06 Å². The van der Waals surface area contributed by atoms with Crippen molar-refractivity contribution >= 4 is 16.9 Å². The van der Waals surface area contributed by atoms with Crippen molar-refractivity contribution in [3.8, 4) is 0 Å². The second kappa shape index (κ2) is 4.76. The summed E-state index contributed by atoms with van der Waals surface area (Å²) < 4.78 is 5.88. The lowest BCUT2D eigenvalue weighted by Crippen LogP contribution is -2.39. The summed E-state index contributed by atoms with van der Waals surface area (Å²) in [7, 11) is 0. The zero-order chi connectivity index (χ0) is 11.8. The molecule has 2 saturated heterocycles. The smallest absolute Gasteiger partial charge is 0.186 e. The summed E-state index contributed by atoms with van der Waals surface area (Å²) in [6.45, 7) is 3.49. The van der Waals surface area contributed by atoms with Gasteiger partial charge in [-0.05, 0) is 26.2 Å². The Morgan fingerprint density at radius 2 is 2.41 bits per heavy atom. The summed E-state index contributed by atoms with van der Waals surface area (Å²) in [6.07, 6.45) is 2.50. The van der Waals surface area contributed by atoms with Gasteiger partial charge >= 0.3 is 0 Å². The maximum Gasteiger partial charge on any atom is 0.186 e. The Bertz CT molecular complexity index is 318. The van der Waals surface area contributed by atoms with Gasteiger partial charge in [-0.25, -0.2) is 5.06 Å². The fourth-order valence-corrected chi connectivity index (χ4v) is 3.60. The highest BCUT2D eigenvalue weighted by atomic mass is 32.2. The molecule has 0 radical (unpaired) electrons. The standard InChI is InChI=1S/C11H18N2O3S/c1-7(14)9-4-3-8-10(16-9)17-11(12-8)13-5-2-6-15-13/h7-10,14H,2-6H2,1H3/t7-,8+,9+,10+/m0/s1. The minimum absolute atomic E-state index is 0.0437. The van der Waals surface area contributed by atoms with Crippen LogP contribution in [0.25, 0.3) is 0 Å². The number of hydroxylamine groups is 2. The number of nitrogens with zero attached hydrogens (tertiary/aromatic N) is 2. The Morgan fingerprint density at radius 3 is 3.12 bits per heavy atom. The van der Waals surface area contributed by atoms with Crippen LogP contribution in [0.15, 0.2) is 4.99 Å². The number of aliphatic hydroxyl groups is 1. The second-order valence-electron chi connectivity index (χ2n) is 4.75. The zero-order valence-electron chi connectivity index (χ0n) is 9.91. The van der Waals surface area contributed by atoms with Gasteiger partial charge in [0.05, 0.1) is 31.4 Å². The average Bonchev–Trinajstić information content (AvgIpc) is 2.96. The lowest BCUT2D eigenvalue weighted by Gasteiger charge is -2.32. The van der Waals surface area contributed by atoms with Gasteiger partial charge in [0.15, 0.2) is 5.17 Å². The molecule has 3 rings (SSSR count). The molecule has 2 fully saturated rings. The predicted molar refractivity (Wildman–Crippen MR) is 65.7 cm³/mol. The molecule has 0 aromatic carbocycles. The van der Waals surface area contributed by atoms with Crippen LogP contribution in [0.4, 0.5) is 0 Å². The van der Waals surface area contributed by atoms with Crippen LogP contribution in [0.3, 0.4) is 0 Å². The maximum absolute atomic E-state index is 9.57. The molecule has 0 aliphatic carbocycles. The van der Waals surface area contributed by atoms with Crippen LogP contribution in [-0.2, 0) is 9.57 Å². The third-order valence-electron chi connectivity index (χ3n) is 3.37. The molecule has 96 valence electrons. The van der Waals surface area contributed by atoms with E-state index >= 15 is 0 Å². The second-order valence-corrected chi connectivity index (χ2v) is 5.81. The number of aliphatic imine (C=N–C) groups is 1. The minimum Gasteiger partial charge on any atom is -0.391 e. The Balaban J connectivity index is 1.63. The molecule has 0 bridgehead atoms. The largest absolute Gasteiger partial charge is 0.391 e. The van der Waals surface area contributed by atoms with E-state index in [-0.39, 0.29) is 17.6 Å². The monoisotopic (exact) mass is 258 g/mol. The summed E-state index contributed by atoms with van der Waals surface area (Å²) in [5.74, 6) is 0. The highest BCUT2D eigenvalue weighted by Gasteiger charge is 2.40. The number of ether oxygens (including phenoxy) is 1. The normalized spacial score (nSPS) is 39.1. The van der Waals surface area contributed by atoms with Gasteiger partial charge in [0.1, 0.15) is 5.44 Å². The van der Waals surface area contributed by atoms with Crippen molar-refractivity contribution < 1.29 is 14.7 Å². The highest BCUT2D eigenvalue weighted by molar-refractivity contribution is 8.14. The number of fused-ring (bicyclic) bond motifs is 1. The fraction of sp³-hybridized carbons (Fsp3) is 0.909. The molecule has 6 heteroatoms. The molecular weight excluding hydrogens is 240 g/mol. The van der Waals surface area contributed by atoms with Gasteiger partial charge in [-0.3, -0.25) is 9.83 Å². The molecule has 5 nitrogen and oxygen atoms in total. The van der Waals surface area contributed by atoms with Gasteiger partial charge in [-0.1, -0.05) is 11.8 Å². The molecule has 0 aromatic rings. The Morgan fingerprint density at radius 1 is 1.53 bits per heavy atom. The van der Waals surface area contributed by atoms with E-state index < -0.39 is 6.10 Å². The zero-order valence-corrected chi connectivity index (χ0v) is 10.7. The molecule has 3 aliphatic heterocycles. The van der Waals surface area contributed by atoms with Gasteiger partial charge in [0.25, 0.3) is 0 Å². The maximum atomic E-state index is 9.57. The van der Waals surface area contributed by atoms with Gasteiger partial charge in [0.2, 0.25) is 0 Å². The molecule has 0 aromatic heterocycles. The van der Waals surface area contributed by atoms with Gasteiger partial charge in [0, 0.05) is 0 Å². The fourth-order valence-electron chi connectivity index (χ4n) is 2.39. The lowest BCUT2D eigenvalue weighted by molar-refractivity contribution is -0.0730. The SMILES string of the molecule is C[C@H](O)[C@H]1CC[C@H]2N=C(N3CCCO3)S[C@H]2O1. The summed E-state index contributed by atoms with van der Waals surface area (Å²) in [6, 6.07) is 0.231. The molecule has 0 spiro atoms. The van der Waals surface area contributed by atoms with E-state index in [2.05, 4.69) is 4.99 Å². The van der Waals surface area contributed by atoms with Gasteiger partial charge in [-0.2, -0.15) is 0 Å². The van der Waals surface area contributed by atoms with Crippen molar-refractivity contribution in [3.63, 3.8) is 0 Å². The van der Waals surface area contributed by atoms with Crippen LogP contribution < -0.4 is 0 Å². The van der Waals surface area contributed by atoms with Crippen LogP contribution in [-0.4, -0.2) is 52.2 Å². The topological polar surface area (TPSA) is 54.3 Å². The van der Waals surface area contributed by atoms with Gasteiger partial charge in [-0.15, -0.1) is 0 Å². The number of hydrogen-bond donors (Lipinski definition) is 1. The van der Waals surface area contributed by atoms with Crippen molar-refractivity contribution in [2.75, 3.05) is 13.2 Å². The Kier molecular flexibility index (Phi) is 3.30. The molecular formula is C11H18N2O3S. The van der Waals surface area contributed by atoms with E-state index in [1.807, 2.05) is 5.06 Å². The first-order valence-corrected chi connectivity index (χ1v) is 7.10. The molecule has 0 unspecified atom stereocenters. The quantitative estimate of drug-likeness (QED) is 0.760. The highest BCUT2D eigenvalue weighted by Crippen LogP contribution is 2.38. The Labute approximate surface area is 105 Å². The van der Waals surface area contributed by atoms with E-state index in [1.54, 1.807) is 18.7 Å². The van der Waals surface area contributed by atoms with Crippen LogP contribution in [0.2, 0.25) is 0 Å². The molecule has 0 amide bonds. The summed E-state index contributed by atoms with van der Waals surface area (Å²) in [5.41, 5.74) is 0.0579. The van der Waals surface area contributed by atoms with Gasteiger partial charge < -0.3 is 9.84 Å². The number of amidine groups is 1. The average molecular weight is 258 g/mol. The van der Waals surface area contributed by atoms with E-state index in [4.69, 9.17) is 9.57 Å². The molecule has 3 aliphatic rings. The third-order valence-corrected chi connectivity index (χ3v) is 4.55.